The lowest BCUT2D eigenvalue weighted by Crippen LogP contribution is -2.45. The summed E-state index contributed by atoms with van der Waals surface area (Å²) in [5.74, 6) is -0.749. The van der Waals surface area contributed by atoms with Crippen molar-refractivity contribution in [3.8, 4) is 0 Å². The molecule has 0 unspecified atom stereocenters. The first-order valence-corrected chi connectivity index (χ1v) is 9.00. The second-order valence-corrected chi connectivity index (χ2v) is 6.89. The topological polar surface area (TPSA) is 43.8 Å². The van der Waals surface area contributed by atoms with Crippen LogP contribution in [0.1, 0.15) is 17.5 Å². The lowest BCUT2D eigenvalue weighted by Gasteiger charge is -2.36. The summed E-state index contributed by atoms with van der Waals surface area (Å²) in [5.41, 5.74) is 3.58. The number of aryl methyl sites for hydroxylation is 1. The highest BCUT2D eigenvalue weighted by Crippen LogP contribution is 2.19. The lowest BCUT2D eigenvalue weighted by atomic mass is 10.1. The third-order valence-electron chi connectivity index (χ3n) is 4.62. The number of rotatable bonds is 6. The molecule has 1 fully saturated rings. The third kappa shape index (κ3) is 5.21. The van der Waals surface area contributed by atoms with Crippen molar-refractivity contribution in [2.45, 2.75) is 19.4 Å². The SMILES string of the molecule is O=C(O)CCc1ccc(N2CCN(Cc3ccc(Cl)cc3)CC2)cc1. The predicted molar refractivity (Wildman–Crippen MR) is 101 cm³/mol. The standard InChI is InChI=1S/C20H23ClN2O2/c21-18-6-1-17(2-7-18)15-22-11-13-23(14-12-22)19-8-3-16(4-9-19)5-10-20(24)25/h1-4,6-9H,5,10-15H2,(H,24,25). The van der Waals surface area contributed by atoms with Crippen LogP contribution in [0.4, 0.5) is 5.69 Å². The van der Waals surface area contributed by atoms with Gasteiger partial charge in [0, 0.05) is 49.9 Å². The quantitative estimate of drug-likeness (QED) is 0.855. The molecule has 0 saturated carbocycles. The molecular weight excluding hydrogens is 336 g/mol. The van der Waals surface area contributed by atoms with E-state index in [1.807, 2.05) is 24.3 Å². The Hall–Kier alpha value is -2.04. The Morgan fingerprint density at radius 2 is 1.52 bits per heavy atom. The van der Waals surface area contributed by atoms with Gasteiger partial charge >= 0.3 is 5.97 Å². The van der Waals surface area contributed by atoms with Crippen LogP contribution in [0.3, 0.4) is 0 Å². The van der Waals surface area contributed by atoms with Gasteiger partial charge in [-0.25, -0.2) is 0 Å². The van der Waals surface area contributed by atoms with E-state index in [0.717, 1.165) is 43.3 Å². The van der Waals surface area contributed by atoms with Gasteiger partial charge in [-0.1, -0.05) is 35.9 Å². The van der Waals surface area contributed by atoms with Crippen molar-refractivity contribution >= 4 is 23.3 Å². The van der Waals surface area contributed by atoms with Crippen molar-refractivity contribution in [1.82, 2.24) is 4.90 Å². The Labute approximate surface area is 153 Å². The summed E-state index contributed by atoms with van der Waals surface area (Å²) in [6.07, 6.45) is 0.771. The molecule has 0 radical (unpaired) electrons. The second-order valence-electron chi connectivity index (χ2n) is 6.45. The number of aliphatic carboxylic acids is 1. The van der Waals surface area contributed by atoms with E-state index in [-0.39, 0.29) is 6.42 Å². The first-order chi connectivity index (χ1) is 12.1. The van der Waals surface area contributed by atoms with Gasteiger partial charge in [-0.3, -0.25) is 9.69 Å². The van der Waals surface area contributed by atoms with Gasteiger partial charge in [0.05, 0.1) is 0 Å². The van der Waals surface area contributed by atoms with Gasteiger partial charge in [0.1, 0.15) is 0 Å². The average molecular weight is 359 g/mol. The summed E-state index contributed by atoms with van der Waals surface area (Å²) in [6, 6.07) is 16.3. The molecule has 25 heavy (non-hydrogen) atoms. The molecule has 0 spiro atoms. The molecular formula is C20H23ClN2O2. The first kappa shape index (κ1) is 17.8. The minimum Gasteiger partial charge on any atom is -0.481 e. The van der Waals surface area contributed by atoms with Gasteiger partial charge in [0.15, 0.2) is 0 Å². The molecule has 0 amide bonds. The minimum absolute atomic E-state index is 0.183. The number of halogens is 1. The van der Waals surface area contributed by atoms with Crippen molar-refractivity contribution in [3.63, 3.8) is 0 Å². The van der Waals surface area contributed by atoms with E-state index in [9.17, 15) is 4.79 Å². The Balaban J connectivity index is 1.50. The van der Waals surface area contributed by atoms with Gasteiger partial charge < -0.3 is 10.0 Å². The molecule has 1 aliphatic heterocycles. The van der Waals surface area contributed by atoms with Gasteiger partial charge in [-0.15, -0.1) is 0 Å². The number of carboxylic acids is 1. The van der Waals surface area contributed by atoms with E-state index in [4.69, 9.17) is 16.7 Å². The van der Waals surface area contributed by atoms with Gasteiger partial charge in [0.2, 0.25) is 0 Å². The van der Waals surface area contributed by atoms with E-state index in [1.165, 1.54) is 11.3 Å². The van der Waals surface area contributed by atoms with E-state index in [2.05, 4.69) is 34.1 Å². The van der Waals surface area contributed by atoms with Crippen LogP contribution in [-0.2, 0) is 17.8 Å². The highest BCUT2D eigenvalue weighted by molar-refractivity contribution is 6.30. The van der Waals surface area contributed by atoms with E-state index in [1.54, 1.807) is 0 Å². The second kappa shape index (κ2) is 8.37. The Morgan fingerprint density at radius 3 is 2.12 bits per heavy atom. The maximum atomic E-state index is 10.6. The summed E-state index contributed by atoms with van der Waals surface area (Å²) in [7, 11) is 0. The van der Waals surface area contributed by atoms with Gasteiger partial charge in [-0.2, -0.15) is 0 Å². The molecule has 2 aromatic rings. The number of anilines is 1. The summed E-state index contributed by atoms with van der Waals surface area (Å²) in [6.45, 7) is 5.02. The highest BCUT2D eigenvalue weighted by atomic mass is 35.5. The molecule has 132 valence electrons. The monoisotopic (exact) mass is 358 g/mol. The molecule has 3 rings (SSSR count). The number of benzene rings is 2. The number of carboxylic acid groups (broad SMARTS) is 1. The molecule has 0 atom stereocenters. The fraction of sp³-hybridized carbons (Fsp3) is 0.350. The molecule has 2 aromatic carbocycles. The predicted octanol–water partition coefficient (Wildman–Crippen LogP) is 3.68. The van der Waals surface area contributed by atoms with Gasteiger partial charge in [-0.05, 0) is 41.8 Å². The Morgan fingerprint density at radius 1 is 0.920 bits per heavy atom. The maximum Gasteiger partial charge on any atom is 0.303 e. The van der Waals surface area contributed by atoms with Crippen LogP contribution in [0.25, 0.3) is 0 Å². The number of nitrogens with zero attached hydrogens (tertiary/aromatic N) is 2. The summed E-state index contributed by atoms with van der Waals surface area (Å²) in [4.78, 5) is 15.5. The number of carbonyl (C=O) groups is 1. The molecule has 1 N–H and O–H groups in total. The van der Waals surface area contributed by atoms with E-state index < -0.39 is 5.97 Å². The zero-order chi connectivity index (χ0) is 17.6. The van der Waals surface area contributed by atoms with Crippen LogP contribution >= 0.6 is 11.6 Å². The van der Waals surface area contributed by atoms with Crippen molar-refractivity contribution < 1.29 is 9.90 Å². The summed E-state index contributed by atoms with van der Waals surface area (Å²) >= 11 is 5.94. The molecule has 0 aromatic heterocycles. The van der Waals surface area contributed by atoms with Gasteiger partial charge in [0.25, 0.3) is 0 Å². The Bertz CT molecular complexity index is 693. The van der Waals surface area contributed by atoms with Crippen LogP contribution in [0.2, 0.25) is 5.02 Å². The fourth-order valence-electron chi connectivity index (χ4n) is 3.14. The molecule has 5 heteroatoms. The fourth-order valence-corrected chi connectivity index (χ4v) is 3.26. The number of hydrogen-bond donors (Lipinski definition) is 1. The molecule has 4 nitrogen and oxygen atoms in total. The van der Waals surface area contributed by atoms with Crippen LogP contribution < -0.4 is 4.90 Å². The molecule has 1 saturated heterocycles. The summed E-state index contributed by atoms with van der Waals surface area (Å²) in [5, 5.41) is 9.54. The first-order valence-electron chi connectivity index (χ1n) is 8.62. The average Bonchev–Trinajstić information content (AvgIpc) is 2.63. The minimum atomic E-state index is -0.749. The zero-order valence-corrected chi connectivity index (χ0v) is 15.0. The van der Waals surface area contributed by atoms with Crippen molar-refractivity contribution in [3.05, 3.63) is 64.7 Å². The third-order valence-corrected chi connectivity index (χ3v) is 4.87. The number of piperazine rings is 1. The highest BCUT2D eigenvalue weighted by Gasteiger charge is 2.17. The number of hydrogen-bond acceptors (Lipinski definition) is 3. The Kier molecular flexibility index (Phi) is 5.95. The lowest BCUT2D eigenvalue weighted by molar-refractivity contribution is -0.136. The molecule has 1 heterocycles. The van der Waals surface area contributed by atoms with Crippen molar-refractivity contribution in [2.75, 3.05) is 31.1 Å². The van der Waals surface area contributed by atoms with E-state index in [0.29, 0.717) is 6.42 Å². The summed E-state index contributed by atoms with van der Waals surface area (Å²) < 4.78 is 0. The van der Waals surface area contributed by atoms with Crippen LogP contribution in [0, 0.1) is 0 Å². The van der Waals surface area contributed by atoms with Crippen LogP contribution in [0.15, 0.2) is 48.5 Å². The van der Waals surface area contributed by atoms with Crippen molar-refractivity contribution in [2.24, 2.45) is 0 Å². The zero-order valence-electron chi connectivity index (χ0n) is 14.2. The van der Waals surface area contributed by atoms with Crippen molar-refractivity contribution in [1.29, 1.82) is 0 Å². The molecule has 0 aliphatic carbocycles. The molecule has 1 aliphatic rings. The van der Waals surface area contributed by atoms with Crippen LogP contribution in [-0.4, -0.2) is 42.2 Å². The normalized spacial score (nSPS) is 15.3. The van der Waals surface area contributed by atoms with Crippen LogP contribution in [0.5, 0.6) is 0 Å². The van der Waals surface area contributed by atoms with E-state index >= 15 is 0 Å². The largest absolute Gasteiger partial charge is 0.481 e. The maximum absolute atomic E-state index is 10.6. The molecule has 0 bridgehead atoms. The smallest absolute Gasteiger partial charge is 0.303 e.